The van der Waals surface area contributed by atoms with Gasteiger partial charge < -0.3 is 40.5 Å². The summed E-state index contributed by atoms with van der Waals surface area (Å²) in [7, 11) is 0. The molecule has 5 amide bonds. The molecule has 4 rings (SSSR count). The molecule has 17 nitrogen and oxygen atoms in total. The molecule has 0 spiro atoms. The molecule has 0 aliphatic carbocycles. The normalized spacial score (nSPS) is 14.4. The fraction of sp³-hybridized carbons (Fsp3) is 0.590. The van der Waals surface area contributed by atoms with Crippen LogP contribution in [0.1, 0.15) is 76.6 Å². The highest BCUT2D eigenvalue weighted by atomic mass is 27.1. The molecule has 21 heteroatoms. The van der Waals surface area contributed by atoms with Crippen LogP contribution in [0.25, 0.3) is 10.9 Å². The molecule has 0 unspecified atom stereocenters. The molecule has 2 aliphatic rings. The Morgan fingerprint density at radius 1 is 1.08 bits per heavy atom. The first-order valence-corrected chi connectivity index (χ1v) is 21.4. The number of nitrogens with zero attached hydrogens (tertiary/aromatic N) is 4. The van der Waals surface area contributed by atoms with E-state index in [-0.39, 0.29) is 33.6 Å². The number of hydrogen-bond donors (Lipinski definition) is 6. The Kier molecular flexibility index (Phi) is 31.2. The molecular formula is C39H61AlF3N10O7. The molecule has 0 saturated carbocycles. The number of hydrogen-bond acceptors (Lipinski definition) is 12. The number of esters is 1. The monoisotopic (exact) mass is 865 g/mol. The van der Waals surface area contributed by atoms with Gasteiger partial charge >= 0.3 is 21.4 Å². The lowest BCUT2D eigenvalue weighted by Crippen LogP contribution is -2.43. The van der Waals surface area contributed by atoms with E-state index in [1.165, 1.54) is 43.6 Å². The van der Waals surface area contributed by atoms with Crippen molar-refractivity contribution in [3.05, 3.63) is 36.0 Å². The van der Waals surface area contributed by atoms with Gasteiger partial charge in [0.15, 0.2) is 6.67 Å². The molecule has 333 valence electrons. The van der Waals surface area contributed by atoms with E-state index < -0.39 is 55.9 Å². The van der Waals surface area contributed by atoms with Crippen LogP contribution >= 0.6 is 0 Å². The number of nitrogens with one attached hydrogen (secondary N) is 5. The summed E-state index contributed by atoms with van der Waals surface area (Å²) in [6.07, 6.45) is 6.39. The van der Waals surface area contributed by atoms with Gasteiger partial charge in [-0.3, -0.25) is 34.3 Å². The summed E-state index contributed by atoms with van der Waals surface area (Å²) in [4.78, 5) is 74.0. The second-order valence-electron chi connectivity index (χ2n) is 12.7. The summed E-state index contributed by atoms with van der Waals surface area (Å²) in [6, 6.07) is 6.98. The molecule has 7 N–H and O–H groups in total. The second-order valence-corrected chi connectivity index (χ2v) is 13.8. The highest BCUT2D eigenvalue weighted by Gasteiger charge is 2.47. The lowest BCUT2D eigenvalue weighted by atomic mass is 10.1. The Labute approximate surface area is 357 Å². The van der Waals surface area contributed by atoms with Crippen molar-refractivity contribution in [2.24, 2.45) is 4.72 Å². The first kappa shape index (κ1) is 55.1. The smallest absolute Gasteiger partial charge is 0.338 e. The average Bonchev–Trinajstić information content (AvgIpc) is 3.56. The van der Waals surface area contributed by atoms with E-state index >= 15 is 0 Å². The van der Waals surface area contributed by atoms with Crippen LogP contribution < -0.4 is 31.3 Å². The Balaban J connectivity index is 0.00000104. The van der Waals surface area contributed by atoms with Crippen LogP contribution in [0.5, 0.6) is 0 Å². The Hall–Kier alpha value is -4.86. The van der Waals surface area contributed by atoms with Crippen LogP contribution in [0.3, 0.4) is 0 Å². The number of anilines is 1. The fourth-order valence-electron chi connectivity index (χ4n) is 5.17. The number of aromatic nitrogens is 1. The number of rotatable bonds is 20. The highest BCUT2D eigenvalue weighted by Crippen LogP contribution is 2.31. The summed E-state index contributed by atoms with van der Waals surface area (Å²) in [5.41, 5.74) is 1.11. The number of benzene rings is 1. The zero-order chi connectivity index (χ0) is 45.2. The molecule has 2 aromatic rings. The van der Waals surface area contributed by atoms with E-state index in [4.69, 9.17) is 9.98 Å². The summed E-state index contributed by atoms with van der Waals surface area (Å²) in [5, 5.41) is 23.5. The average molecular weight is 866 g/mol. The maximum absolute atomic E-state index is 13.6. The van der Waals surface area contributed by atoms with Crippen molar-refractivity contribution in [2.75, 3.05) is 71.1 Å². The Morgan fingerprint density at radius 3 is 2.32 bits per heavy atom. The van der Waals surface area contributed by atoms with Crippen molar-refractivity contribution in [3.8, 4) is 6.07 Å². The van der Waals surface area contributed by atoms with Crippen LogP contribution in [0.15, 0.2) is 30.5 Å². The third kappa shape index (κ3) is 23.1. The van der Waals surface area contributed by atoms with Gasteiger partial charge in [0.1, 0.15) is 12.8 Å². The number of ether oxygens (including phenoxy) is 1. The van der Waals surface area contributed by atoms with Gasteiger partial charge in [-0.05, 0) is 51.2 Å². The van der Waals surface area contributed by atoms with E-state index in [1.807, 2.05) is 20.8 Å². The molecule has 1 atom stereocenters. The molecule has 3 heterocycles. The molecule has 2 aliphatic heterocycles. The molecule has 1 aromatic heterocycles. The van der Waals surface area contributed by atoms with E-state index in [2.05, 4.69) is 48.1 Å². The summed E-state index contributed by atoms with van der Waals surface area (Å²) in [5.74, 6) is -5.45. The lowest BCUT2D eigenvalue weighted by Gasteiger charge is -2.30. The summed E-state index contributed by atoms with van der Waals surface area (Å²) >= 11 is 0.250. The fourth-order valence-corrected chi connectivity index (χ4v) is 5.68. The molecule has 60 heavy (non-hydrogen) atoms. The second kappa shape index (κ2) is 33.9. The Bertz CT molecular complexity index is 1610. The van der Waals surface area contributed by atoms with Crippen LogP contribution in [-0.2, 0) is 28.7 Å². The topological polar surface area (TPSA) is 241 Å². The van der Waals surface area contributed by atoms with Crippen molar-refractivity contribution >= 4 is 68.5 Å². The number of amides is 5. The minimum absolute atomic E-state index is 0.0965. The number of fused-ring (bicyclic) bond motifs is 1. The highest BCUT2D eigenvalue weighted by molar-refractivity contribution is 6.30. The van der Waals surface area contributed by atoms with Gasteiger partial charge in [0.25, 0.3) is 11.8 Å². The predicted octanol–water partition coefficient (Wildman–Crippen LogP) is 2.50. The molecule has 1 radical (unpaired) electrons. The van der Waals surface area contributed by atoms with Gasteiger partial charge in [0.05, 0.1) is 35.9 Å². The minimum atomic E-state index is -3.13. The first-order chi connectivity index (χ1) is 28.9. The van der Waals surface area contributed by atoms with Crippen molar-refractivity contribution in [2.45, 2.75) is 83.5 Å². The van der Waals surface area contributed by atoms with Crippen molar-refractivity contribution in [3.63, 3.8) is 0 Å². The van der Waals surface area contributed by atoms with Gasteiger partial charge in [0, 0.05) is 37.5 Å². The number of para-hydroxylation sites is 1. The van der Waals surface area contributed by atoms with Gasteiger partial charge in [-0.15, -0.1) is 0 Å². The lowest BCUT2D eigenvalue weighted by molar-refractivity contribution is -0.145. The van der Waals surface area contributed by atoms with Gasteiger partial charge in [-0.1, -0.05) is 58.0 Å². The number of halogens is 3. The number of carbonyl (C=O) groups is 6. The number of pyridine rings is 1. The molecule has 2 saturated heterocycles. The van der Waals surface area contributed by atoms with E-state index in [0.29, 0.717) is 55.5 Å². The molecular weight excluding hydrogens is 804 g/mol. The van der Waals surface area contributed by atoms with Gasteiger partial charge in [-0.2, -0.15) is 5.26 Å². The van der Waals surface area contributed by atoms with Crippen molar-refractivity contribution in [1.82, 2.24) is 36.1 Å². The van der Waals surface area contributed by atoms with Crippen LogP contribution in [-0.4, -0.2) is 144 Å². The van der Waals surface area contributed by atoms with Crippen LogP contribution in [0.4, 0.5) is 18.9 Å². The zero-order valence-electron chi connectivity index (χ0n) is 35.1. The van der Waals surface area contributed by atoms with E-state index in [0.717, 1.165) is 24.2 Å². The third-order valence-electron chi connectivity index (χ3n) is 8.27. The summed E-state index contributed by atoms with van der Waals surface area (Å²) < 4.78 is 48.2. The van der Waals surface area contributed by atoms with E-state index in [9.17, 15) is 41.9 Å². The van der Waals surface area contributed by atoms with Gasteiger partial charge in [-0.25, -0.2) is 18.0 Å². The number of likely N-dealkylation sites (tertiary alicyclic amines) is 2. The van der Waals surface area contributed by atoms with Crippen LogP contribution in [0, 0.1) is 11.3 Å². The quantitative estimate of drug-likeness (QED) is 0.0370. The third-order valence-corrected chi connectivity index (χ3v) is 8.86. The van der Waals surface area contributed by atoms with E-state index in [1.54, 1.807) is 24.3 Å². The molecule has 1 aromatic carbocycles. The zero-order valence-corrected chi connectivity index (χ0v) is 36.2. The molecule has 2 fully saturated rings. The van der Waals surface area contributed by atoms with Crippen molar-refractivity contribution in [1.29, 1.82) is 5.26 Å². The number of carbonyl (C=O) groups excluding carboxylic acids is 6. The minimum Gasteiger partial charge on any atom is -0.448 e. The number of nitrogens with two attached hydrogens (primary N) is 1. The Morgan fingerprint density at radius 2 is 1.77 bits per heavy atom. The van der Waals surface area contributed by atoms with Crippen LogP contribution in [0.2, 0.25) is 5.28 Å². The maximum Gasteiger partial charge on any atom is 0.338 e. The number of unbranched alkanes of at least 4 members (excludes halogenated alkanes) is 2. The maximum atomic E-state index is 13.6. The SMILES string of the molecule is CC.CCCCCC(=O)Nc1cccc2c(C(=O)NCC(=O)N3CC(F)(F)C[C@H]3C#N)ccnc12.CCNCOC(=O)CF.O=CNCCNC=O.[NH2][Al][CH2]CN1CCC1. The first-order valence-electron chi connectivity index (χ1n) is 20.0. The largest absolute Gasteiger partial charge is 0.448 e. The predicted molar refractivity (Wildman–Crippen MR) is 223 cm³/mol. The standard InChI is InChI=1S/C23H25F2N5O3.C5H10FNO2.C5H10N.C4H8N2O2.C2H6.Al.H2N/c1-2-3-4-8-19(31)29-18-7-5-6-16-17(9-10-27-21(16)18)22(33)28-13-20(32)30-14-23(24,25)11-15(30)12-26;1-2-7-4-9-5(8)3-6;1-2-6-4-3-5-6;7-3-5-1-2-6-4-8;1-2;;/h5-7,9-10,15H,2-4,8,11,13-14H2,1H3,(H,28,33)(H,29,31);7H,2-4H2,1H3;1-5H2;3-4H,1-2H2,(H,5,7)(H,6,8);1-2H3;;1H2/q;;;;;+1;-1/t15-;;;;;;/m0....../s1. The summed E-state index contributed by atoms with van der Waals surface area (Å²) in [6.45, 7) is 11.2. The number of nitriles is 1. The van der Waals surface area contributed by atoms with Gasteiger partial charge in [0.2, 0.25) is 24.6 Å². The number of alkyl halides is 3. The molecule has 0 bridgehead atoms. The van der Waals surface area contributed by atoms with Crippen molar-refractivity contribution < 1.29 is 46.7 Å².